The van der Waals surface area contributed by atoms with Crippen LogP contribution in [0.2, 0.25) is 0 Å². The summed E-state index contributed by atoms with van der Waals surface area (Å²) < 4.78 is 26.3. The third kappa shape index (κ3) is 2.79. The standard InChI is InChI=1S/C24H19NO4S/c26-23-18-9-4-5-11-21(18)30(28,29)22-15-17(12-13-19(22)23)24(27)25-14-6-10-20(25)16-7-2-1-3-8-16/h1-5,7-9,11-13,15,20H,6,10,14H2. The van der Waals surface area contributed by atoms with Crippen molar-refractivity contribution in [2.45, 2.75) is 28.7 Å². The fourth-order valence-corrected chi connectivity index (χ4v) is 6.09. The number of rotatable bonds is 2. The molecule has 2 aliphatic rings. The molecule has 5 nitrogen and oxygen atoms in total. The van der Waals surface area contributed by atoms with Gasteiger partial charge in [0.2, 0.25) is 9.84 Å². The van der Waals surface area contributed by atoms with Gasteiger partial charge in [-0.25, -0.2) is 8.42 Å². The molecule has 2 heterocycles. The van der Waals surface area contributed by atoms with E-state index in [4.69, 9.17) is 0 Å². The second-order valence-corrected chi connectivity index (χ2v) is 9.49. The average molecular weight is 417 g/mol. The zero-order valence-electron chi connectivity index (χ0n) is 16.1. The number of likely N-dealkylation sites (tertiary alicyclic amines) is 1. The molecule has 0 N–H and O–H groups in total. The monoisotopic (exact) mass is 417 g/mol. The molecule has 3 aromatic rings. The predicted molar refractivity (Wildman–Crippen MR) is 111 cm³/mol. The highest BCUT2D eigenvalue weighted by atomic mass is 32.2. The second-order valence-electron chi connectivity index (χ2n) is 7.61. The first-order chi connectivity index (χ1) is 14.5. The van der Waals surface area contributed by atoms with E-state index >= 15 is 0 Å². The van der Waals surface area contributed by atoms with Gasteiger partial charge >= 0.3 is 0 Å². The summed E-state index contributed by atoms with van der Waals surface area (Å²) in [7, 11) is -3.87. The lowest BCUT2D eigenvalue weighted by atomic mass is 10.00. The lowest BCUT2D eigenvalue weighted by Gasteiger charge is -2.26. The number of carbonyl (C=O) groups excluding carboxylic acids is 2. The number of hydrogen-bond donors (Lipinski definition) is 0. The second kappa shape index (κ2) is 6.92. The number of carbonyl (C=O) groups is 2. The highest BCUT2D eigenvalue weighted by Gasteiger charge is 2.36. The van der Waals surface area contributed by atoms with Crippen molar-refractivity contribution in [2.24, 2.45) is 0 Å². The van der Waals surface area contributed by atoms with Crippen molar-refractivity contribution in [3.63, 3.8) is 0 Å². The quantitative estimate of drug-likeness (QED) is 0.493. The maximum absolute atomic E-state index is 13.3. The summed E-state index contributed by atoms with van der Waals surface area (Å²) >= 11 is 0. The van der Waals surface area contributed by atoms with Gasteiger partial charge in [0.25, 0.3) is 5.91 Å². The van der Waals surface area contributed by atoms with Gasteiger partial charge in [0.1, 0.15) is 0 Å². The Bertz CT molecular complexity index is 1280. The van der Waals surface area contributed by atoms with Crippen molar-refractivity contribution in [3.8, 4) is 0 Å². The van der Waals surface area contributed by atoms with Gasteiger partial charge in [0.15, 0.2) is 5.78 Å². The first kappa shape index (κ1) is 18.8. The SMILES string of the molecule is O=C1c2ccccc2S(=O)(=O)c2cc(C(=O)N3CCCC3c3ccccc3)ccc21. The highest BCUT2D eigenvalue weighted by molar-refractivity contribution is 7.91. The number of ketones is 1. The van der Waals surface area contributed by atoms with Gasteiger partial charge in [-0.2, -0.15) is 0 Å². The maximum atomic E-state index is 13.3. The van der Waals surface area contributed by atoms with Crippen LogP contribution < -0.4 is 0 Å². The summed E-state index contributed by atoms with van der Waals surface area (Å²) in [5, 5.41) is 0. The van der Waals surface area contributed by atoms with Gasteiger partial charge in [-0.1, -0.05) is 42.5 Å². The molecular weight excluding hydrogens is 398 g/mol. The average Bonchev–Trinajstić information content (AvgIpc) is 3.27. The summed E-state index contributed by atoms with van der Waals surface area (Å²) in [5.74, 6) is -0.552. The molecule has 3 aromatic carbocycles. The van der Waals surface area contributed by atoms with Crippen LogP contribution in [-0.2, 0) is 9.84 Å². The summed E-state index contributed by atoms with van der Waals surface area (Å²) in [4.78, 5) is 27.8. The maximum Gasteiger partial charge on any atom is 0.254 e. The number of fused-ring (bicyclic) bond motifs is 2. The number of sulfone groups is 1. The fraction of sp³-hybridized carbons (Fsp3) is 0.167. The first-order valence-electron chi connectivity index (χ1n) is 9.87. The molecule has 1 amide bonds. The molecule has 1 fully saturated rings. The summed E-state index contributed by atoms with van der Waals surface area (Å²) in [6, 6.07) is 20.4. The predicted octanol–water partition coefficient (Wildman–Crippen LogP) is 4.04. The van der Waals surface area contributed by atoms with Crippen molar-refractivity contribution in [1.29, 1.82) is 0 Å². The van der Waals surface area contributed by atoms with E-state index < -0.39 is 9.84 Å². The fourth-order valence-electron chi connectivity index (χ4n) is 4.41. The van der Waals surface area contributed by atoms with Crippen molar-refractivity contribution in [1.82, 2.24) is 4.90 Å². The third-order valence-corrected chi connectivity index (χ3v) is 7.73. The molecule has 5 rings (SSSR count). The van der Waals surface area contributed by atoms with E-state index in [-0.39, 0.29) is 44.2 Å². The van der Waals surface area contributed by atoms with E-state index in [1.54, 1.807) is 23.1 Å². The smallest absolute Gasteiger partial charge is 0.254 e. The minimum atomic E-state index is -3.87. The molecular formula is C24H19NO4S. The molecule has 0 bridgehead atoms. The van der Waals surface area contributed by atoms with E-state index in [2.05, 4.69) is 0 Å². The van der Waals surface area contributed by atoms with Gasteiger partial charge in [-0.05, 0) is 48.7 Å². The van der Waals surface area contributed by atoms with Gasteiger partial charge < -0.3 is 4.90 Å². The van der Waals surface area contributed by atoms with Crippen LogP contribution in [-0.4, -0.2) is 31.6 Å². The van der Waals surface area contributed by atoms with Crippen LogP contribution >= 0.6 is 0 Å². The molecule has 30 heavy (non-hydrogen) atoms. The van der Waals surface area contributed by atoms with Crippen LogP contribution in [0.25, 0.3) is 0 Å². The lowest BCUT2D eigenvalue weighted by molar-refractivity contribution is 0.0735. The Labute approximate surface area is 174 Å². The molecule has 1 atom stereocenters. The van der Waals surface area contributed by atoms with Crippen LogP contribution in [0.4, 0.5) is 0 Å². The normalized spacial score (nSPS) is 19.3. The Hall–Kier alpha value is -3.25. The van der Waals surface area contributed by atoms with E-state index in [1.807, 2.05) is 30.3 Å². The van der Waals surface area contributed by atoms with Gasteiger partial charge in [-0.15, -0.1) is 0 Å². The largest absolute Gasteiger partial charge is 0.332 e. The zero-order chi connectivity index (χ0) is 20.9. The van der Waals surface area contributed by atoms with E-state index in [1.165, 1.54) is 24.3 Å². The van der Waals surface area contributed by atoms with Crippen LogP contribution in [0.15, 0.2) is 82.6 Å². The number of hydrogen-bond acceptors (Lipinski definition) is 4. The minimum absolute atomic E-state index is 0.00423. The van der Waals surface area contributed by atoms with Crippen molar-refractivity contribution in [3.05, 3.63) is 95.1 Å². The van der Waals surface area contributed by atoms with Crippen molar-refractivity contribution >= 4 is 21.5 Å². The van der Waals surface area contributed by atoms with Crippen LogP contribution in [0.3, 0.4) is 0 Å². The number of nitrogens with zero attached hydrogens (tertiary/aromatic N) is 1. The highest BCUT2D eigenvalue weighted by Crippen LogP contribution is 2.37. The molecule has 6 heteroatoms. The number of amides is 1. The van der Waals surface area contributed by atoms with E-state index in [0.717, 1.165) is 18.4 Å². The molecule has 0 spiro atoms. The summed E-state index contributed by atoms with van der Waals surface area (Å²) in [6.07, 6.45) is 1.76. The molecule has 0 aliphatic carbocycles. The molecule has 0 radical (unpaired) electrons. The van der Waals surface area contributed by atoms with Crippen LogP contribution in [0.5, 0.6) is 0 Å². The zero-order valence-corrected chi connectivity index (χ0v) is 16.9. The van der Waals surface area contributed by atoms with Gasteiger partial charge in [-0.3, -0.25) is 9.59 Å². The Morgan fingerprint density at radius 2 is 1.57 bits per heavy atom. The Morgan fingerprint density at radius 1 is 0.867 bits per heavy atom. The van der Waals surface area contributed by atoms with Crippen molar-refractivity contribution in [2.75, 3.05) is 6.54 Å². The molecule has 0 aromatic heterocycles. The van der Waals surface area contributed by atoms with Gasteiger partial charge in [0.05, 0.1) is 15.8 Å². The molecule has 1 saturated heterocycles. The molecule has 150 valence electrons. The summed E-state index contributed by atoms with van der Waals surface area (Å²) in [5.41, 5.74) is 1.64. The molecule has 1 unspecified atom stereocenters. The van der Waals surface area contributed by atoms with E-state index in [0.29, 0.717) is 6.54 Å². The minimum Gasteiger partial charge on any atom is -0.332 e. The Morgan fingerprint density at radius 3 is 2.37 bits per heavy atom. The topological polar surface area (TPSA) is 71.5 Å². The Kier molecular flexibility index (Phi) is 4.33. The van der Waals surface area contributed by atoms with Crippen LogP contribution in [0.1, 0.15) is 50.7 Å². The summed E-state index contributed by atoms with van der Waals surface area (Å²) in [6.45, 7) is 0.615. The van der Waals surface area contributed by atoms with E-state index in [9.17, 15) is 18.0 Å². The lowest BCUT2D eigenvalue weighted by Crippen LogP contribution is -2.31. The van der Waals surface area contributed by atoms with Crippen molar-refractivity contribution < 1.29 is 18.0 Å². The Balaban J connectivity index is 1.56. The number of benzene rings is 3. The molecule has 2 aliphatic heterocycles. The third-order valence-electron chi connectivity index (χ3n) is 5.88. The first-order valence-corrected chi connectivity index (χ1v) is 11.4. The van der Waals surface area contributed by atoms with Gasteiger partial charge in [0, 0.05) is 23.2 Å². The van der Waals surface area contributed by atoms with Crippen LogP contribution in [0, 0.1) is 0 Å². The molecule has 0 saturated carbocycles.